The molecule has 7 heteroatoms. The number of carbonyl (C=O) groups excluding carboxylic acids is 1. The van der Waals surface area contributed by atoms with Gasteiger partial charge in [-0.1, -0.05) is 17.3 Å². The second-order valence-electron chi connectivity index (χ2n) is 6.55. The standard InChI is InChI=1S/C21H22FN3O3/c1-25(2)19(14-4-8-16(22)9-5-14)13-23-21(26)18-12-20(28-24-18)15-6-10-17(27-3)11-7-15/h4-12,19H,13H2,1-3H3,(H,23,26). The summed E-state index contributed by atoms with van der Waals surface area (Å²) in [5.41, 5.74) is 1.90. The molecule has 1 unspecified atom stereocenters. The van der Waals surface area contributed by atoms with Crippen molar-refractivity contribution in [3.8, 4) is 17.1 Å². The summed E-state index contributed by atoms with van der Waals surface area (Å²) in [4.78, 5) is 14.4. The van der Waals surface area contributed by atoms with E-state index in [2.05, 4.69) is 10.5 Å². The number of hydrogen-bond acceptors (Lipinski definition) is 5. The average Bonchev–Trinajstić information content (AvgIpc) is 3.19. The molecule has 146 valence electrons. The molecule has 0 saturated carbocycles. The van der Waals surface area contributed by atoms with Crippen LogP contribution in [0.15, 0.2) is 59.1 Å². The van der Waals surface area contributed by atoms with E-state index in [1.54, 1.807) is 25.3 Å². The summed E-state index contributed by atoms with van der Waals surface area (Å²) in [6, 6.07) is 15.0. The lowest BCUT2D eigenvalue weighted by Gasteiger charge is -2.25. The highest BCUT2D eigenvalue weighted by atomic mass is 19.1. The van der Waals surface area contributed by atoms with Gasteiger partial charge in [0.05, 0.1) is 13.2 Å². The van der Waals surface area contributed by atoms with Crippen molar-refractivity contribution in [1.29, 1.82) is 0 Å². The van der Waals surface area contributed by atoms with Crippen LogP contribution in [-0.4, -0.2) is 43.7 Å². The van der Waals surface area contributed by atoms with Gasteiger partial charge in [0.15, 0.2) is 11.5 Å². The summed E-state index contributed by atoms with van der Waals surface area (Å²) in [6.07, 6.45) is 0. The first-order valence-corrected chi connectivity index (χ1v) is 8.79. The van der Waals surface area contributed by atoms with Crippen LogP contribution in [0.4, 0.5) is 4.39 Å². The van der Waals surface area contributed by atoms with Gasteiger partial charge in [0.25, 0.3) is 5.91 Å². The van der Waals surface area contributed by atoms with Crippen molar-refractivity contribution in [2.24, 2.45) is 0 Å². The molecule has 0 aliphatic carbocycles. The van der Waals surface area contributed by atoms with Crippen molar-refractivity contribution in [3.63, 3.8) is 0 Å². The van der Waals surface area contributed by atoms with Crippen LogP contribution in [0.3, 0.4) is 0 Å². The number of aromatic nitrogens is 1. The topological polar surface area (TPSA) is 67.6 Å². The van der Waals surface area contributed by atoms with Crippen molar-refractivity contribution in [3.05, 3.63) is 71.7 Å². The van der Waals surface area contributed by atoms with Crippen LogP contribution < -0.4 is 10.1 Å². The number of ether oxygens (including phenoxy) is 1. The van der Waals surface area contributed by atoms with Crippen LogP contribution in [0.25, 0.3) is 11.3 Å². The van der Waals surface area contributed by atoms with E-state index in [1.807, 2.05) is 43.3 Å². The molecule has 1 aromatic heterocycles. The number of nitrogens with one attached hydrogen (secondary N) is 1. The van der Waals surface area contributed by atoms with Crippen molar-refractivity contribution in [2.45, 2.75) is 6.04 Å². The van der Waals surface area contributed by atoms with Gasteiger partial charge in [-0.15, -0.1) is 0 Å². The molecule has 28 heavy (non-hydrogen) atoms. The first-order chi connectivity index (χ1) is 13.5. The second kappa shape index (κ2) is 8.67. The van der Waals surface area contributed by atoms with Gasteiger partial charge in [0.2, 0.25) is 0 Å². The Kier molecular flexibility index (Phi) is 6.06. The fourth-order valence-electron chi connectivity index (χ4n) is 2.84. The number of carbonyl (C=O) groups is 1. The molecule has 0 aliphatic rings. The number of nitrogens with zero attached hydrogens (tertiary/aromatic N) is 2. The Labute approximate surface area is 162 Å². The maximum absolute atomic E-state index is 13.2. The molecule has 1 heterocycles. The zero-order chi connectivity index (χ0) is 20.1. The molecule has 3 aromatic rings. The highest BCUT2D eigenvalue weighted by Gasteiger charge is 2.18. The molecule has 1 atom stereocenters. The fraction of sp³-hybridized carbons (Fsp3) is 0.238. The average molecular weight is 383 g/mol. The first kappa shape index (κ1) is 19.6. The summed E-state index contributed by atoms with van der Waals surface area (Å²) < 4.78 is 23.6. The largest absolute Gasteiger partial charge is 0.497 e. The summed E-state index contributed by atoms with van der Waals surface area (Å²) in [7, 11) is 5.40. The van der Waals surface area contributed by atoms with Gasteiger partial charge in [0.1, 0.15) is 11.6 Å². The van der Waals surface area contributed by atoms with Gasteiger partial charge in [0, 0.05) is 18.2 Å². The molecule has 0 radical (unpaired) electrons. The fourth-order valence-corrected chi connectivity index (χ4v) is 2.84. The van der Waals surface area contributed by atoms with Crippen molar-refractivity contribution in [1.82, 2.24) is 15.4 Å². The zero-order valence-electron chi connectivity index (χ0n) is 16.0. The van der Waals surface area contributed by atoms with E-state index < -0.39 is 0 Å². The molecule has 0 aliphatic heterocycles. The van der Waals surface area contributed by atoms with Gasteiger partial charge >= 0.3 is 0 Å². The van der Waals surface area contributed by atoms with E-state index in [0.29, 0.717) is 12.3 Å². The summed E-state index contributed by atoms with van der Waals surface area (Å²) in [5, 5.41) is 6.72. The number of methoxy groups -OCH3 is 1. The SMILES string of the molecule is COc1ccc(-c2cc(C(=O)NCC(c3ccc(F)cc3)N(C)C)no2)cc1. The van der Waals surface area contributed by atoms with Crippen LogP contribution in [0.1, 0.15) is 22.1 Å². The number of hydrogen-bond donors (Lipinski definition) is 1. The summed E-state index contributed by atoms with van der Waals surface area (Å²) in [6.45, 7) is 0.349. The number of halogens is 1. The Bertz CT molecular complexity index is 921. The normalized spacial score (nSPS) is 12.0. The van der Waals surface area contributed by atoms with Crippen LogP contribution in [0.2, 0.25) is 0 Å². The molecule has 3 rings (SSSR count). The lowest BCUT2D eigenvalue weighted by Crippen LogP contribution is -2.34. The predicted octanol–water partition coefficient (Wildman–Crippen LogP) is 3.52. The molecule has 0 bridgehead atoms. The smallest absolute Gasteiger partial charge is 0.273 e. The molecule has 6 nitrogen and oxygen atoms in total. The van der Waals surface area contributed by atoms with Crippen LogP contribution in [-0.2, 0) is 0 Å². The lowest BCUT2D eigenvalue weighted by atomic mass is 10.1. The summed E-state index contributed by atoms with van der Waals surface area (Å²) >= 11 is 0. The van der Waals surface area contributed by atoms with Crippen molar-refractivity contribution in [2.75, 3.05) is 27.7 Å². The second-order valence-corrected chi connectivity index (χ2v) is 6.55. The van der Waals surface area contributed by atoms with E-state index >= 15 is 0 Å². The van der Waals surface area contributed by atoms with E-state index in [0.717, 1.165) is 16.9 Å². The number of likely N-dealkylation sites (N-methyl/N-ethyl adjacent to an activating group) is 1. The molecule has 2 aromatic carbocycles. The lowest BCUT2D eigenvalue weighted by molar-refractivity contribution is 0.0933. The molecule has 0 saturated heterocycles. The highest BCUT2D eigenvalue weighted by Crippen LogP contribution is 2.23. The molecular formula is C21H22FN3O3. The Morgan fingerprint density at radius 3 is 2.46 bits per heavy atom. The van der Waals surface area contributed by atoms with E-state index in [-0.39, 0.29) is 23.5 Å². The van der Waals surface area contributed by atoms with Gasteiger partial charge < -0.3 is 19.5 Å². The Hall–Kier alpha value is -3.19. The van der Waals surface area contributed by atoms with Crippen LogP contribution in [0.5, 0.6) is 5.75 Å². The molecular weight excluding hydrogens is 361 g/mol. The monoisotopic (exact) mass is 383 g/mol. The third-order valence-corrected chi connectivity index (χ3v) is 4.45. The number of amides is 1. The minimum atomic E-state index is -0.336. The quantitative estimate of drug-likeness (QED) is 0.676. The van der Waals surface area contributed by atoms with Gasteiger partial charge in [-0.2, -0.15) is 0 Å². The predicted molar refractivity (Wildman–Crippen MR) is 104 cm³/mol. The minimum absolute atomic E-state index is 0.0995. The van der Waals surface area contributed by atoms with Crippen molar-refractivity contribution >= 4 is 5.91 Å². The number of benzene rings is 2. The third kappa shape index (κ3) is 4.55. The Morgan fingerprint density at radius 2 is 1.86 bits per heavy atom. The zero-order valence-corrected chi connectivity index (χ0v) is 16.0. The van der Waals surface area contributed by atoms with E-state index in [9.17, 15) is 9.18 Å². The molecule has 1 amide bonds. The third-order valence-electron chi connectivity index (χ3n) is 4.45. The van der Waals surface area contributed by atoms with Gasteiger partial charge in [-0.3, -0.25) is 4.79 Å². The van der Waals surface area contributed by atoms with Gasteiger partial charge in [-0.25, -0.2) is 4.39 Å². The molecule has 1 N–H and O–H groups in total. The summed E-state index contributed by atoms with van der Waals surface area (Å²) in [5.74, 6) is 0.601. The molecule has 0 fully saturated rings. The first-order valence-electron chi connectivity index (χ1n) is 8.79. The Morgan fingerprint density at radius 1 is 1.18 bits per heavy atom. The Balaban J connectivity index is 1.67. The maximum Gasteiger partial charge on any atom is 0.273 e. The van der Waals surface area contributed by atoms with Gasteiger partial charge in [-0.05, 0) is 56.1 Å². The van der Waals surface area contributed by atoms with Crippen molar-refractivity contribution < 1.29 is 18.4 Å². The van der Waals surface area contributed by atoms with E-state index in [1.165, 1.54) is 12.1 Å². The van der Waals surface area contributed by atoms with E-state index in [4.69, 9.17) is 9.26 Å². The number of rotatable bonds is 7. The van der Waals surface area contributed by atoms with Crippen LogP contribution in [0, 0.1) is 5.82 Å². The highest BCUT2D eigenvalue weighted by molar-refractivity contribution is 5.93. The minimum Gasteiger partial charge on any atom is -0.497 e. The maximum atomic E-state index is 13.2. The van der Waals surface area contributed by atoms with Crippen LogP contribution >= 0.6 is 0 Å². The molecule has 0 spiro atoms.